The first-order valence-electron chi connectivity index (χ1n) is 10.4. The van der Waals surface area contributed by atoms with Gasteiger partial charge in [-0.15, -0.1) is 0 Å². The summed E-state index contributed by atoms with van der Waals surface area (Å²) in [4.78, 5) is 16.6. The van der Waals surface area contributed by atoms with Crippen molar-refractivity contribution >= 4 is 28.9 Å². The van der Waals surface area contributed by atoms with Gasteiger partial charge in [0.1, 0.15) is 6.54 Å². The maximum Gasteiger partial charge on any atom is 0.255 e. The molecule has 1 saturated heterocycles. The van der Waals surface area contributed by atoms with Crippen LogP contribution in [0, 0.1) is 6.92 Å². The third-order valence-electron chi connectivity index (χ3n) is 5.70. The smallest absolute Gasteiger partial charge is 0.255 e. The lowest BCUT2D eigenvalue weighted by Gasteiger charge is -2.33. The fourth-order valence-corrected chi connectivity index (χ4v) is 4.15. The van der Waals surface area contributed by atoms with Gasteiger partial charge in [-0.05, 0) is 55.0 Å². The van der Waals surface area contributed by atoms with Crippen LogP contribution in [0.25, 0.3) is 0 Å². The molecule has 0 radical (unpaired) electrons. The Kier molecular flexibility index (Phi) is 6.36. The summed E-state index contributed by atoms with van der Waals surface area (Å²) >= 11 is 5.99. The van der Waals surface area contributed by atoms with Gasteiger partial charge in [-0.3, -0.25) is 4.79 Å². The van der Waals surface area contributed by atoms with E-state index >= 15 is 0 Å². The normalized spacial score (nSPS) is 14.5. The first kappa shape index (κ1) is 20.5. The van der Waals surface area contributed by atoms with Gasteiger partial charge in [0, 0.05) is 27.5 Å². The number of halogens is 1. The molecule has 4 nitrogen and oxygen atoms in total. The highest BCUT2D eigenvalue weighted by Gasteiger charge is 2.20. The summed E-state index contributed by atoms with van der Waals surface area (Å²) in [5, 5.41) is 3.64. The number of hydrogen-bond acceptors (Lipinski definition) is 2. The summed E-state index contributed by atoms with van der Waals surface area (Å²) in [6.45, 7) is 7.30. The molecule has 1 aliphatic heterocycles. The van der Waals surface area contributed by atoms with Crippen LogP contribution in [-0.4, -0.2) is 32.1 Å². The van der Waals surface area contributed by atoms with Crippen molar-refractivity contribution in [1.82, 2.24) is 0 Å². The quantitative estimate of drug-likeness (QED) is 0.658. The van der Waals surface area contributed by atoms with Crippen LogP contribution in [-0.2, 0) is 6.54 Å². The predicted octanol–water partition coefficient (Wildman–Crippen LogP) is 3.81. The number of nitrogens with zero attached hydrogens (tertiary/aromatic N) is 1. The van der Waals surface area contributed by atoms with Crippen molar-refractivity contribution in [2.45, 2.75) is 13.5 Å². The van der Waals surface area contributed by atoms with Crippen LogP contribution in [0.5, 0.6) is 0 Å². The highest BCUT2D eigenvalue weighted by Crippen LogP contribution is 2.20. The first-order chi connectivity index (χ1) is 14.6. The molecule has 3 aromatic rings. The van der Waals surface area contributed by atoms with Crippen LogP contribution in [0.3, 0.4) is 0 Å². The van der Waals surface area contributed by atoms with Crippen molar-refractivity contribution in [3.8, 4) is 0 Å². The van der Waals surface area contributed by atoms with Gasteiger partial charge < -0.3 is 15.1 Å². The minimum Gasteiger partial charge on any atom is -0.360 e. The van der Waals surface area contributed by atoms with Crippen molar-refractivity contribution in [3.63, 3.8) is 0 Å². The van der Waals surface area contributed by atoms with E-state index in [1.165, 1.54) is 11.3 Å². The highest BCUT2D eigenvalue weighted by atomic mass is 35.5. The average molecular weight is 421 g/mol. The number of carbonyl (C=O) groups excluding carboxylic acids is 1. The molecule has 0 saturated carbocycles. The second kappa shape index (κ2) is 9.33. The SMILES string of the molecule is Cc1cc(Cl)ccc1NC(=O)c1ccc(C[NH+]2CCN(c3ccccc3)CC2)cc1. The third-order valence-corrected chi connectivity index (χ3v) is 5.93. The standard InChI is InChI=1S/C25H26ClN3O/c1-19-17-22(26)11-12-24(19)27-25(30)21-9-7-20(8-10-21)18-28-13-15-29(16-14-28)23-5-3-2-4-6-23/h2-12,17H,13-16,18H2,1H3,(H,27,30)/p+1. The maximum atomic E-state index is 12.6. The molecule has 0 bridgehead atoms. The van der Waals surface area contributed by atoms with Crippen molar-refractivity contribution in [2.75, 3.05) is 36.4 Å². The molecule has 154 valence electrons. The Labute approximate surface area is 183 Å². The van der Waals surface area contributed by atoms with Crippen molar-refractivity contribution in [3.05, 3.63) is 94.5 Å². The van der Waals surface area contributed by atoms with Crippen LogP contribution < -0.4 is 15.1 Å². The summed E-state index contributed by atoms with van der Waals surface area (Å²) in [6.07, 6.45) is 0. The van der Waals surface area contributed by atoms with Gasteiger partial charge in [-0.2, -0.15) is 0 Å². The number of piperazine rings is 1. The predicted molar refractivity (Wildman–Crippen MR) is 124 cm³/mol. The summed E-state index contributed by atoms with van der Waals surface area (Å²) < 4.78 is 0. The number of rotatable bonds is 5. The maximum absolute atomic E-state index is 12.6. The van der Waals surface area contributed by atoms with E-state index < -0.39 is 0 Å². The zero-order valence-corrected chi connectivity index (χ0v) is 18.0. The van der Waals surface area contributed by atoms with Crippen molar-refractivity contribution in [1.29, 1.82) is 0 Å². The van der Waals surface area contributed by atoms with Crippen LogP contribution in [0.15, 0.2) is 72.8 Å². The minimum atomic E-state index is -0.101. The number of amides is 1. The number of para-hydroxylation sites is 1. The topological polar surface area (TPSA) is 36.8 Å². The summed E-state index contributed by atoms with van der Waals surface area (Å²) in [6, 6.07) is 24.1. The monoisotopic (exact) mass is 420 g/mol. The lowest BCUT2D eigenvalue weighted by Crippen LogP contribution is -3.13. The van der Waals surface area contributed by atoms with Crippen LogP contribution in [0.2, 0.25) is 5.02 Å². The number of quaternary nitrogens is 1. The Morgan fingerprint density at radius 2 is 1.70 bits per heavy atom. The van der Waals surface area contributed by atoms with Gasteiger partial charge in [0.2, 0.25) is 0 Å². The van der Waals surface area contributed by atoms with Gasteiger partial charge >= 0.3 is 0 Å². The average Bonchev–Trinajstić information content (AvgIpc) is 2.77. The number of benzene rings is 3. The lowest BCUT2D eigenvalue weighted by atomic mass is 10.1. The van der Waals surface area contributed by atoms with E-state index in [1.807, 2.05) is 31.2 Å². The fraction of sp³-hybridized carbons (Fsp3) is 0.240. The van der Waals surface area contributed by atoms with E-state index in [2.05, 4.69) is 52.7 Å². The van der Waals surface area contributed by atoms with Crippen LogP contribution >= 0.6 is 11.6 Å². The van der Waals surface area contributed by atoms with E-state index in [0.29, 0.717) is 10.6 Å². The van der Waals surface area contributed by atoms with Gasteiger partial charge in [0.15, 0.2) is 0 Å². The molecule has 0 aromatic heterocycles. The minimum absolute atomic E-state index is 0.101. The van der Waals surface area contributed by atoms with Gasteiger partial charge in [0.25, 0.3) is 5.91 Å². The van der Waals surface area contributed by atoms with E-state index in [1.54, 1.807) is 11.0 Å². The molecular weight excluding hydrogens is 394 g/mol. The zero-order valence-electron chi connectivity index (χ0n) is 17.2. The molecule has 1 heterocycles. The number of hydrogen-bond donors (Lipinski definition) is 2. The summed E-state index contributed by atoms with van der Waals surface area (Å²) in [5.74, 6) is -0.101. The molecule has 3 aromatic carbocycles. The Hall–Kier alpha value is -2.82. The molecule has 1 aliphatic rings. The van der Waals surface area contributed by atoms with E-state index in [0.717, 1.165) is 44.0 Å². The second-order valence-corrected chi connectivity index (χ2v) is 8.30. The summed E-state index contributed by atoms with van der Waals surface area (Å²) in [7, 11) is 0. The Balaban J connectivity index is 1.31. The molecular formula is C25H27ClN3O+. The van der Waals surface area contributed by atoms with Crippen molar-refractivity contribution < 1.29 is 9.69 Å². The number of nitrogens with one attached hydrogen (secondary N) is 2. The zero-order chi connectivity index (χ0) is 20.9. The molecule has 2 N–H and O–H groups in total. The third kappa shape index (κ3) is 5.02. The van der Waals surface area contributed by atoms with Gasteiger partial charge in [-0.1, -0.05) is 41.9 Å². The molecule has 0 unspecified atom stereocenters. The Morgan fingerprint density at radius 1 is 1.00 bits per heavy atom. The molecule has 0 atom stereocenters. The Bertz CT molecular complexity index is 997. The fourth-order valence-electron chi connectivity index (χ4n) is 3.92. The molecule has 30 heavy (non-hydrogen) atoms. The number of aryl methyl sites for hydroxylation is 1. The molecule has 0 spiro atoms. The number of anilines is 2. The van der Waals surface area contributed by atoms with Gasteiger partial charge in [-0.25, -0.2) is 0 Å². The van der Waals surface area contributed by atoms with Crippen LogP contribution in [0.4, 0.5) is 11.4 Å². The lowest BCUT2D eigenvalue weighted by molar-refractivity contribution is -0.914. The molecule has 0 aliphatic carbocycles. The molecule has 1 amide bonds. The first-order valence-corrected chi connectivity index (χ1v) is 10.8. The molecule has 5 heteroatoms. The summed E-state index contributed by atoms with van der Waals surface area (Å²) in [5.41, 5.74) is 4.97. The second-order valence-electron chi connectivity index (χ2n) is 7.86. The van der Waals surface area contributed by atoms with Crippen LogP contribution in [0.1, 0.15) is 21.5 Å². The van der Waals surface area contributed by atoms with E-state index in [4.69, 9.17) is 11.6 Å². The van der Waals surface area contributed by atoms with E-state index in [-0.39, 0.29) is 5.91 Å². The largest absolute Gasteiger partial charge is 0.360 e. The van der Waals surface area contributed by atoms with Crippen molar-refractivity contribution in [2.24, 2.45) is 0 Å². The molecule has 4 rings (SSSR count). The molecule has 1 fully saturated rings. The number of carbonyl (C=O) groups is 1. The van der Waals surface area contributed by atoms with Gasteiger partial charge in [0.05, 0.1) is 26.2 Å². The Morgan fingerprint density at radius 3 is 2.37 bits per heavy atom. The highest BCUT2D eigenvalue weighted by molar-refractivity contribution is 6.30. The van der Waals surface area contributed by atoms with E-state index in [9.17, 15) is 4.79 Å².